The van der Waals surface area contributed by atoms with E-state index in [0.29, 0.717) is 10.9 Å². The zero-order valence-corrected chi connectivity index (χ0v) is 15.8. The first kappa shape index (κ1) is 19.8. The van der Waals surface area contributed by atoms with Crippen molar-refractivity contribution in [2.45, 2.75) is 17.1 Å². The molecule has 0 aliphatic rings. The first-order chi connectivity index (χ1) is 14.2. The lowest BCUT2D eigenvalue weighted by Crippen LogP contribution is -2.16. The zero-order valence-electron chi connectivity index (χ0n) is 14.9. The molecular formula is C19H12F3N3O4S. The second-order valence-electron chi connectivity index (χ2n) is 6.25. The maximum absolute atomic E-state index is 13.0. The second-order valence-corrected chi connectivity index (χ2v) is 7.20. The molecule has 0 radical (unpaired) electrons. The summed E-state index contributed by atoms with van der Waals surface area (Å²) in [5, 5.41) is 16.4. The van der Waals surface area contributed by atoms with E-state index in [9.17, 15) is 27.9 Å². The second kappa shape index (κ2) is 7.41. The van der Waals surface area contributed by atoms with Crippen LogP contribution in [0, 0.1) is 0 Å². The van der Waals surface area contributed by atoms with Gasteiger partial charge < -0.3 is 9.52 Å². The summed E-state index contributed by atoms with van der Waals surface area (Å²) in [6.07, 6.45) is -4.56. The van der Waals surface area contributed by atoms with Crippen LogP contribution in [0.15, 0.2) is 67.7 Å². The highest BCUT2D eigenvalue weighted by Crippen LogP contribution is 2.31. The molecule has 2 aromatic carbocycles. The molecule has 0 amide bonds. The Morgan fingerprint density at radius 3 is 2.70 bits per heavy atom. The SMILES string of the molecule is O=c1cc(CSc2n[nH]c(=O)n2-c2cccc(C(F)(F)F)c2)c2ccc(O)cc2o1. The summed E-state index contributed by atoms with van der Waals surface area (Å²) in [4.78, 5) is 24.0. The third-order valence-corrected chi connectivity index (χ3v) is 5.23. The Bertz CT molecular complexity index is 1360. The molecule has 7 nitrogen and oxygen atoms in total. The Hall–Kier alpha value is -3.47. The van der Waals surface area contributed by atoms with Gasteiger partial charge in [-0.05, 0) is 35.9 Å². The van der Waals surface area contributed by atoms with E-state index in [1.54, 1.807) is 6.07 Å². The first-order valence-corrected chi connectivity index (χ1v) is 9.44. The predicted molar refractivity (Wildman–Crippen MR) is 103 cm³/mol. The zero-order chi connectivity index (χ0) is 21.5. The van der Waals surface area contributed by atoms with Gasteiger partial charge in [-0.1, -0.05) is 17.8 Å². The number of alkyl halides is 3. The number of nitrogens with one attached hydrogen (secondary N) is 1. The molecule has 0 saturated carbocycles. The van der Waals surface area contributed by atoms with E-state index >= 15 is 0 Å². The molecule has 0 aliphatic heterocycles. The third kappa shape index (κ3) is 3.83. The summed E-state index contributed by atoms with van der Waals surface area (Å²) in [7, 11) is 0. The number of hydrogen-bond acceptors (Lipinski definition) is 6. The minimum Gasteiger partial charge on any atom is -0.508 e. The smallest absolute Gasteiger partial charge is 0.416 e. The molecule has 0 spiro atoms. The fraction of sp³-hybridized carbons (Fsp3) is 0.105. The number of halogens is 3. The number of H-pyrrole nitrogens is 1. The van der Waals surface area contributed by atoms with Gasteiger partial charge in [0, 0.05) is 23.3 Å². The van der Waals surface area contributed by atoms with Gasteiger partial charge >= 0.3 is 17.5 Å². The molecular weight excluding hydrogens is 423 g/mol. The van der Waals surface area contributed by atoms with Gasteiger partial charge in [0.15, 0.2) is 5.16 Å². The standard InChI is InChI=1S/C19H12F3N3O4S/c20-19(21,22)11-2-1-3-12(7-11)25-17(28)23-24-18(25)30-9-10-6-16(27)29-15-8-13(26)4-5-14(10)15/h1-8,26H,9H2,(H,23,28). The van der Waals surface area contributed by atoms with Crippen LogP contribution in [0.25, 0.3) is 16.7 Å². The summed E-state index contributed by atoms with van der Waals surface area (Å²) in [6, 6.07) is 9.92. The van der Waals surface area contributed by atoms with Gasteiger partial charge in [0.1, 0.15) is 11.3 Å². The maximum atomic E-state index is 13.0. The number of phenolic OH excluding ortho intramolecular Hbond substituents is 1. The molecule has 30 heavy (non-hydrogen) atoms. The van der Waals surface area contributed by atoms with Crippen molar-refractivity contribution >= 4 is 22.7 Å². The van der Waals surface area contributed by atoms with E-state index in [2.05, 4.69) is 10.2 Å². The molecule has 0 saturated heterocycles. The number of hydrogen-bond donors (Lipinski definition) is 2. The summed E-state index contributed by atoms with van der Waals surface area (Å²) in [5.74, 6) is 0.108. The van der Waals surface area contributed by atoms with Crippen molar-refractivity contribution in [1.82, 2.24) is 14.8 Å². The summed E-state index contributed by atoms with van der Waals surface area (Å²) < 4.78 is 45.2. The molecule has 0 atom stereocenters. The van der Waals surface area contributed by atoms with Crippen molar-refractivity contribution in [2.24, 2.45) is 0 Å². The number of aromatic hydroxyl groups is 1. The van der Waals surface area contributed by atoms with Crippen molar-refractivity contribution in [3.05, 3.63) is 80.6 Å². The normalized spacial score (nSPS) is 11.8. The van der Waals surface area contributed by atoms with Gasteiger partial charge in [0.2, 0.25) is 0 Å². The molecule has 154 valence electrons. The van der Waals surface area contributed by atoms with Crippen LogP contribution in [0.3, 0.4) is 0 Å². The lowest BCUT2D eigenvalue weighted by molar-refractivity contribution is -0.137. The molecule has 2 heterocycles. The quantitative estimate of drug-likeness (QED) is 0.375. The van der Waals surface area contributed by atoms with Crippen molar-refractivity contribution < 1.29 is 22.7 Å². The average molecular weight is 435 g/mol. The highest BCUT2D eigenvalue weighted by molar-refractivity contribution is 7.98. The third-order valence-electron chi connectivity index (χ3n) is 4.24. The van der Waals surface area contributed by atoms with Crippen LogP contribution in [0.5, 0.6) is 5.75 Å². The molecule has 2 aromatic heterocycles. The van der Waals surface area contributed by atoms with Crippen LogP contribution in [0.4, 0.5) is 13.2 Å². The molecule has 0 fully saturated rings. The monoisotopic (exact) mass is 435 g/mol. The average Bonchev–Trinajstić information content (AvgIpc) is 3.05. The molecule has 0 bridgehead atoms. The molecule has 0 unspecified atom stereocenters. The minimum atomic E-state index is -4.56. The molecule has 0 aliphatic carbocycles. The van der Waals surface area contributed by atoms with Gasteiger partial charge in [-0.15, -0.1) is 5.10 Å². The first-order valence-electron chi connectivity index (χ1n) is 8.46. The Morgan fingerprint density at radius 2 is 1.93 bits per heavy atom. The number of benzene rings is 2. The van der Waals surface area contributed by atoms with Crippen LogP contribution in [0.1, 0.15) is 11.1 Å². The van der Waals surface area contributed by atoms with E-state index in [4.69, 9.17) is 4.42 Å². The summed E-state index contributed by atoms with van der Waals surface area (Å²) in [6.45, 7) is 0. The number of thioether (sulfide) groups is 1. The minimum absolute atomic E-state index is 0.00781. The van der Waals surface area contributed by atoms with Gasteiger partial charge in [0.05, 0.1) is 11.3 Å². The van der Waals surface area contributed by atoms with Crippen LogP contribution >= 0.6 is 11.8 Å². The molecule has 2 N–H and O–H groups in total. The molecule has 4 aromatic rings. The number of aromatic amines is 1. The van der Waals surface area contributed by atoms with Gasteiger partial charge in [-0.3, -0.25) is 0 Å². The van der Waals surface area contributed by atoms with E-state index in [1.165, 1.54) is 30.3 Å². The highest BCUT2D eigenvalue weighted by Gasteiger charge is 2.30. The van der Waals surface area contributed by atoms with Crippen LogP contribution in [-0.4, -0.2) is 19.9 Å². The topological polar surface area (TPSA) is 101 Å². The van der Waals surface area contributed by atoms with Crippen LogP contribution in [0.2, 0.25) is 0 Å². The van der Waals surface area contributed by atoms with Crippen LogP contribution < -0.4 is 11.3 Å². The fourth-order valence-electron chi connectivity index (χ4n) is 2.91. The number of fused-ring (bicyclic) bond motifs is 1. The van der Waals surface area contributed by atoms with Crippen LogP contribution in [-0.2, 0) is 11.9 Å². The van der Waals surface area contributed by atoms with Gasteiger partial charge in [0.25, 0.3) is 0 Å². The number of phenols is 1. The summed E-state index contributed by atoms with van der Waals surface area (Å²) >= 11 is 1.05. The van der Waals surface area contributed by atoms with Crippen molar-refractivity contribution in [3.8, 4) is 11.4 Å². The fourth-order valence-corrected chi connectivity index (χ4v) is 3.86. The Kier molecular flexibility index (Phi) is 4.90. The van der Waals surface area contributed by atoms with E-state index in [-0.39, 0.29) is 27.9 Å². The highest BCUT2D eigenvalue weighted by atomic mass is 32.2. The summed E-state index contributed by atoms with van der Waals surface area (Å²) in [5.41, 5.74) is -1.46. The van der Waals surface area contributed by atoms with E-state index in [0.717, 1.165) is 28.5 Å². The van der Waals surface area contributed by atoms with Crippen molar-refractivity contribution in [2.75, 3.05) is 0 Å². The largest absolute Gasteiger partial charge is 0.508 e. The lowest BCUT2D eigenvalue weighted by Gasteiger charge is -2.10. The number of aromatic nitrogens is 3. The molecule has 11 heteroatoms. The predicted octanol–water partition coefficient (Wildman–Crippen LogP) is 3.68. The number of nitrogens with zero attached hydrogens (tertiary/aromatic N) is 2. The molecule has 4 rings (SSSR count). The Labute approximate surface area is 169 Å². The van der Waals surface area contributed by atoms with Gasteiger partial charge in [-0.2, -0.15) is 13.2 Å². The van der Waals surface area contributed by atoms with Crippen molar-refractivity contribution in [3.63, 3.8) is 0 Å². The van der Waals surface area contributed by atoms with Crippen molar-refractivity contribution in [1.29, 1.82) is 0 Å². The van der Waals surface area contributed by atoms with E-state index in [1.807, 2.05) is 0 Å². The Balaban J connectivity index is 1.70. The Morgan fingerprint density at radius 1 is 1.13 bits per heavy atom. The number of rotatable bonds is 4. The maximum Gasteiger partial charge on any atom is 0.416 e. The van der Waals surface area contributed by atoms with Gasteiger partial charge in [-0.25, -0.2) is 19.3 Å². The lowest BCUT2D eigenvalue weighted by atomic mass is 10.1. The van der Waals surface area contributed by atoms with E-state index < -0.39 is 23.1 Å².